The van der Waals surface area contributed by atoms with E-state index in [1.165, 1.54) is 17.5 Å². The summed E-state index contributed by atoms with van der Waals surface area (Å²) in [5, 5.41) is 0. The molecule has 1 atom stereocenters. The van der Waals surface area contributed by atoms with E-state index in [1.807, 2.05) is 20.8 Å². The molecule has 0 nitrogen and oxygen atoms in total. The summed E-state index contributed by atoms with van der Waals surface area (Å²) in [4.78, 5) is 0. The van der Waals surface area contributed by atoms with Gasteiger partial charge in [0.25, 0.3) is 0 Å². The van der Waals surface area contributed by atoms with Gasteiger partial charge in [-0.15, -0.1) is 6.58 Å². The highest BCUT2D eigenvalue weighted by Crippen LogP contribution is 2.37. The number of rotatable bonds is 3. The lowest BCUT2D eigenvalue weighted by Gasteiger charge is -2.31. The first-order valence-corrected chi connectivity index (χ1v) is 7.52. The summed E-state index contributed by atoms with van der Waals surface area (Å²) in [6.45, 7) is 20.7. The molecule has 0 bridgehead atoms. The quantitative estimate of drug-likeness (QED) is 0.506. The second-order valence-corrected chi connectivity index (χ2v) is 5.39. The minimum atomic E-state index is 0. The van der Waals surface area contributed by atoms with Crippen molar-refractivity contribution < 1.29 is 0 Å². The van der Waals surface area contributed by atoms with Crippen LogP contribution in [0.25, 0.3) is 0 Å². The molecule has 1 unspecified atom stereocenters. The minimum Gasteiger partial charge on any atom is -0.103 e. The topological polar surface area (TPSA) is 0 Å². The Hall–Kier alpha value is -1.04. The smallest absolute Gasteiger partial charge is 0.0139 e. The summed E-state index contributed by atoms with van der Waals surface area (Å²) in [7, 11) is 0. The van der Waals surface area contributed by atoms with Crippen molar-refractivity contribution in [3.63, 3.8) is 0 Å². The largest absolute Gasteiger partial charge is 0.103 e. The van der Waals surface area contributed by atoms with Crippen LogP contribution in [0.15, 0.2) is 36.9 Å². The van der Waals surface area contributed by atoms with Gasteiger partial charge >= 0.3 is 0 Å². The van der Waals surface area contributed by atoms with Crippen LogP contribution in [0.3, 0.4) is 0 Å². The predicted octanol–water partition coefficient (Wildman–Crippen LogP) is 7.39. The molecule has 20 heavy (non-hydrogen) atoms. The molecule has 0 amide bonds. The Labute approximate surface area is 129 Å². The summed E-state index contributed by atoms with van der Waals surface area (Å²) in [5.41, 5.74) is 3.23. The lowest BCUT2D eigenvalue weighted by atomic mass is 9.74. The molecular formula is C20H38. The van der Waals surface area contributed by atoms with Crippen molar-refractivity contribution in [1.29, 1.82) is 0 Å². The SMILES string of the molecule is C.C=CC.CC.CCC(C)(C)C(C)c1cccc(C)c1. The van der Waals surface area contributed by atoms with Gasteiger partial charge in [-0.2, -0.15) is 0 Å². The molecule has 0 fully saturated rings. The van der Waals surface area contributed by atoms with E-state index in [2.05, 4.69) is 65.5 Å². The van der Waals surface area contributed by atoms with Gasteiger partial charge in [-0.25, -0.2) is 0 Å². The van der Waals surface area contributed by atoms with E-state index in [9.17, 15) is 0 Å². The summed E-state index contributed by atoms with van der Waals surface area (Å²) >= 11 is 0. The Morgan fingerprint density at radius 3 is 2.05 bits per heavy atom. The number of hydrogen-bond donors (Lipinski definition) is 0. The summed E-state index contributed by atoms with van der Waals surface area (Å²) in [6.07, 6.45) is 2.97. The summed E-state index contributed by atoms with van der Waals surface area (Å²) in [5.74, 6) is 0.632. The first-order chi connectivity index (χ1) is 8.88. The first kappa shape index (κ1) is 24.0. The molecule has 0 N–H and O–H groups in total. The predicted molar refractivity (Wildman–Crippen MR) is 97.6 cm³/mol. The minimum absolute atomic E-state index is 0. The van der Waals surface area contributed by atoms with Crippen LogP contribution in [0.4, 0.5) is 0 Å². The fourth-order valence-corrected chi connectivity index (χ4v) is 1.70. The standard InChI is InChI=1S/C14H22.C3H6.C2H6.CH4/c1-6-14(4,5)12(3)13-9-7-8-11(2)10-13;1-3-2;1-2;/h7-10,12H,6H2,1-5H3;3H,1H2,2H3;1-2H3;1H4. The average Bonchev–Trinajstić information content (AvgIpc) is 2.41. The van der Waals surface area contributed by atoms with Gasteiger partial charge in [0.1, 0.15) is 0 Å². The van der Waals surface area contributed by atoms with Gasteiger partial charge in [0, 0.05) is 0 Å². The molecule has 0 aliphatic rings. The third kappa shape index (κ3) is 8.96. The molecule has 0 heterocycles. The fraction of sp³-hybridized carbons (Fsp3) is 0.600. The lowest BCUT2D eigenvalue weighted by Crippen LogP contribution is -2.18. The summed E-state index contributed by atoms with van der Waals surface area (Å²) in [6, 6.07) is 8.87. The van der Waals surface area contributed by atoms with Gasteiger partial charge in [0.2, 0.25) is 0 Å². The molecule has 0 saturated heterocycles. The molecule has 1 rings (SSSR count). The van der Waals surface area contributed by atoms with Gasteiger partial charge in [-0.3, -0.25) is 0 Å². The molecule has 118 valence electrons. The number of hydrogen-bond acceptors (Lipinski definition) is 0. The van der Waals surface area contributed by atoms with E-state index in [0.717, 1.165) is 0 Å². The highest BCUT2D eigenvalue weighted by molar-refractivity contribution is 5.26. The van der Waals surface area contributed by atoms with E-state index in [4.69, 9.17) is 0 Å². The first-order valence-electron chi connectivity index (χ1n) is 7.52. The Morgan fingerprint density at radius 1 is 1.25 bits per heavy atom. The van der Waals surface area contributed by atoms with E-state index < -0.39 is 0 Å². The highest BCUT2D eigenvalue weighted by Gasteiger charge is 2.24. The number of benzene rings is 1. The van der Waals surface area contributed by atoms with Crippen LogP contribution in [0.2, 0.25) is 0 Å². The molecule has 0 aliphatic carbocycles. The number of allylic oxidation sites excluding steroid dienone is 1. The van der Waals surface area contributed by atoms with Gasteiger partial charge in [-0.05, 0) is 30.7 Å². The zero-order valence-corrected chi connectivity index (χ0v) is 14.4. The molecule has 0 aliphatic heterocycles. The highest BCUT2D eigenvalue weighted by atomic mass is 14.3. The van der Waals surface area contributed by atoms with E-state index in [0.29, 0.717) is 11.3 Å². The van der Waals surface area contributed by atoms with Crippen molar-refractivity contribution in [1.82, 2.24) is 0 Å². The summed E-state index contributed by atoms with van der Waals surface area (Å²) < 4.78 is 0. The maximum Gasteiger partial charge on any atom is -0.0139 e. The molecule has 0 radical (unpaired) electrons. The molecule has 1 aromatic carbocycles. The second-order valence-electron chi connectivity index (χ2n) is 5.39. The molecule has 0 spiro atoms. The van der Waals surface area contributed by atoms with Crippen molar-refractivity contribution in [3.05, 3.63) is 48.0 Å². The van der Waals surface area contributed by atoms with Crippen LogP contribution in [-0.4, -0.2) is 0 Å². The zero-order chi connectivity index (χ0) is 15.5. The van der Waals surface area contributed by atoms with Crippen LogP contribution in [-0.2, 0) is 0 Å². The molecular weight excluding hydrogens is 240 g/mol. The lowest BCUT2D eigenvalue weighted by molar-refractivity contribution is 0.289. The van der Waals surface area contributed by atoms with E-state index in [1.54, 1.807) is 6.08 Å². The maximum absolute atomic E-state index is 3.36. The maximum atomic E-state index is 3.36. The Morgan fingerprint density at radius 2 is 1.70 bits per heavy atom. The fourth-order valence-electron chi connectivity index (χ4n) is 1.70. The van der Waals surface area contributed by atoms with Crippen LogP contribution in [0, 0.1) is 12.3 Å². The monoisotopic (exact) mass is 278 g/mol. The van der Waals surface area contributed by atoms with Gasteiger partial charge in [-0.1, -0.05) is 91.3 Å². The van der Waals surface area contributed by atoms with Crippen molar-refractivity contribution in [2.75, 3.05) is 0 Å². The average molecular weight is 279 g/mol. The molecule has 0 aromatic heterocycles. The van der Waals surface area contributed by atoms with E-state index in [-0.39, 0.29) is 7.43 Å². The van der Waals surface area contributed by atoms with Crippen LogP contribution in [0.5, 0.6) is 0 Å². The Balaban J connectivity index is -0.000000426. The molecule has 1 aromatic rings. The number of aryl methyl sites for hydroxylation is 1. The Kier molecular flexibility index (Phi) is 15.6. The molecule has 0 saturated carbocycles. The van der Waals surface area contributed by atoms with Crippen LogP contribution < -0.4 is 0 Å². The third-order valence-electron chi connectivity index (χ3n) is 3.63. The van der Waals surface area contributed by atoms with Crippen molar-refractivity contribution in [3.8, 4) is 0 Å². The van der Waals surface area contributed by atoms with Crippen LogP contribution in [0.1, 0.15) is 79.4 Å². The van der Waals surface area contributed by atoms with Crippen molar-refractivity contribution in [2.45, 2.75) is 75.2 Å². The normalized spacial score (nSPS) is 10.8. The zero-order valence-electron chi connectivity index (χ0n) is 14.4. The van der Waals surface area contributed by atoms with Gasteiger partial charge < -0.3 is 0 Å². The van der Waals surface area contributed by atoms with Gasteiger partial charge in [0.15, 0.2) is 0 Å². The third-order valence-corrected chi connectivity index (χ3v) is 3.63. The van der Waals surface area contributed by atoms with E-state index >= 15 is 0 Å². The van der Waals surface area contributed by atoms with Crippen molar-refractivity contribution in [2.24, 2.45) is 5.41 Å². The van der Waals surface area contributed by atoms with Crippen LogP contribution >= 0.6 is 0 Å². The second kappa shape index (κ2) is 13.0. The van der Waals surface area contributed by atoms with Crippen molar-refractivity contribution >= 4 is 0 Å². The Bertz CT molecular complexity index is 334. The molecule has 0 heteroatoms. The van der Waals surface area contributed by atoms with Gasteiger partial charge in [0.05, 0.1) is 0 Å².